The first-order valence-electron chi connectivity index (χ1n) is 11.9. The molecule has 4 rings (SSSR count). The van der Waals surface area contributed by atoms with Gasteiger partial charge in [0.15, 0.2) is 5.82 Å². The third kappa shape index (κ3) is 4.83. The van der Waals surface area contributed by atoms with E-state index in [1.54, 1.807) is 13.3 Å². The Morgan fingerprint density at radius 1 is 1.00 bits per heavy atom. The van der Waals surface area contributed by atoms with Crippen LogP contribution in [0.2, 0.25) is 0 Å². The number of unbranched alkanes of at least 4 members (excludes halogenated alkanes) is 1. The van der Waals surface area contributed by atoms with Gasteiger partial charge >= 0.3 is 7.12 Å². The number of nitrogens with zero attached hydrogens (tertiary/aromatic N) is 4. The van der Waals surface area contributed by atoms with Crippen molar-refractivity contribution in [2.24, 2.45) is 0 Å². The van der Waals surface area contributed by atoms with E-state index in [9.17, 15) is 0 Å². The van der Waals surface area contributed by atoms with Crippen LogP contribution in [0.5, 0.6) is 0 Å². The smallest absolute Gasteiger partial charge is 0.399 e. The zero-order valence-electron chi connectivity index (χ0n) is 20.7. The summed E-state index contributed by atoms with van der Waals surface area (Å²) in [5, 5.41) is 5.83. The van der Waals surface area contributed by atoms with Crippen molar-refractivity contribution >= 4 is 23.5 Å². The highest BCUT2D eigenvalue weighted by molar-refractivity contribution is 6.62. The van der Waals surface area contributed by atoms with Gasteiger partial charge in [-0.25, -0.2) is 9.67 Å². The highest BCUT2D eigenvalue weighted by Crippen LogP contribution is 2.37. The molecule has 1 aromatic carbocycles. The number of aryl methyl sites for hydroxylation is 2. The molecule has 7 nitrogen and oxygen atoms in total. The third-order valence-corrected chi connectivity index (χ3v) is 6.76. The summed E-state index contributed by atoms with van der Waals surface area (Å²) in [6.07, 6.45) is 10.4. The van der Waals surface area contributed by atoms with Crippen molar-refractivity contribution in [1.29, 1.82) is 0 Å². The predicted molar refractivity (Wildman–Crippen MR) is 131 cm³/mol. The molecular formula is C25H35BN4O3. The fraction of sp³-hybridized carbons (Fsp3) is 0.560. The van der Waals surface area contributed by atoms with Gasteiger partial charge in [-0.1, -0.05) is 19.4 Å². The number of rotatable bonds is 9. The van der Waals surface area contributed by atoms with Crippen LogP contribution in [0.25, 0.3) is 16.7 Å². The Morgan fingerprint density at radius 2 is 1.76 bits per heavy atom. The molecule has 0 saturated carbocycles. The Kier molecular flexibility index (Phi) is 6.89. The van der Waals surface area contributed by atoms with Crippen molar-refractivity contribution < 1.29 is 14.0 Å². The minimum atomic E-state index is -0.432. The predicted octanol–water partition coefficient (Wildman–Crippen LogP) is 4.04. The fourth-order valence-electron chi connectivity index (χ4n) is 4.16. The minimum Gasteiger partial charge on any atom is -0.399 e. The lowest BCUT2D eigenvalue weighted by Crippen LogP contribution is -2.41. The number of benzene rings is 1. The number of ether oxygens (including phenoxy) is 1. The Morgan fingerprint density at radius 3 is 2.45 bits per heavy atom. The molecule has 2 aromatic heterocycles. The summed E-state index contributed by atoms with van der Waals surface area (Å²) in [7, 11) is 1.31. The molecule has 0 atom stereocenters. The Hall–Kier alpha value is -2.29. The van der Waals surface area contributed by atoms with Gasteiger partial charge in [0.05, 0.1) is 34.8 Å². The lowest BCUT2D eigenvalue weighted by atomic mass is 9.77. The Labute approximate surface area is 197 Å². The number of methoxy groups -OCH3 is 1. The van der Waals surface area contributed by atoms with Gasteiger partial charge in [-0.3, -0.25) is 4.98 Å². The minimum absolute atomic E-state index is 0.397. The second-order valence-electron chi connectivity index (χ2n) is 9.83. The van der Waals surface area contributed by atoms with E-state index in [2.05, 4.69) is 51.7 Å². The number of hydrogen-bond donors (Lipinski definition) is 0. The average molecular weight is 450 g/mol. The molecule has 8 heteroatoms. The first kappa shape index (κ1) is 23.9. The summed E-state index contributed by atoms with van der Waals surface area (Å²) < 4.78 is 19.9. The van der Waals surface area contributed by atoms with Gasteiger partial charge in [-0.15, -0.1) is 0 Å². The van der Waals surface area contributed by atoms with Gasteiger partial charge < -0.3 is 14.0 Å². The summed E-state index contributed by atoms with van der Waals surface area (Å²) in [6, 6.07) is 4.33. The zero-order chi connectivity index (χ0) is 23.6. The quantitative estimate of drug-likeness (QED) is 0.362. The summed E-state index contributed by atoms with van der Waals surface area (Å²) in [4.78, 5) is 9.21. The molecule has 1 aliphatic rings. The zero-order valence-corrected chi connectivity index (χ0v) is 20.7. The normalized spacial score (nSPS) is 17.2. The van der Waals surface area contributed by atoms with Crippen molar-refractivity contribution in [1.82, 2.24) is 19.7 Å². The van der Waals surface area contributed by atoms with Gasteiger partial charge in [0.25, 0.3) is 0 Å². The van der Waals surface area contributed by atoms with E-state index < -0.39 is 18.3 Å². The van der Waals surface area contributed by atoms with Crippen molar-refractivity contribution in [3.05, 3.63) is 42.0 Å². The highest BCUT2D eigenvalue weighted by atomic mass is 16.7. The van der Waals surface area contributed by atoms with E-state index >= 15 is 0 Å². The summed E-state index contributed by atoms with van der Waals surface area (Å²) in [5.74, 6) is 0.729. The Balaban J connectivity index is 1.77. The summed E-state index contributed by atoms with van der Waals surface area (Å²) >= 11 is 0. The molecule has 176 valence electrons. The van der Waals surface area contributed by atoms with Crippen LogP contribution in [0, 0.1) is 0 Å². The first-order chi connectivity index (χ1) is 15.8. The van der Waals surface area contributed by atoms with Gasteiger partial charge in [0.2, 0.25) is 0 Å². The fourth-order valence-corrected chi connectivity index (χ4v) is 4.16. The van der Waals surface area contributed by atoms with Gasteiger partial charge in [-0.2, -0.15) is 5.10 Å². The lowest BCUT2D eigenvalue weighted by molar-refractivity contribution is 0.00578. The molecule has 1 fully saturated rings. The van der Waals surface area contributed by atoms with E-state index in [0.29, 0.717) is 0 Å². The average Bonchev–Trinajstić information content (AvgIpc) is 3.29. The van der Waals surface area contributed by atoms with Crippen LogP contribution in [0.3, 0.4) is 0 Å². The lowest BCUT2D eigenvalue weighted by Gasteiger charge is -2.32. The molecule has 33 heavy (non-hydrogen) atoms. The molecule has 0 N–H and O–H groups in total. The second kappa shape index (κ2) is 9.53. The number of aromatic nitrogens is 4. The SMILES string of the molecule is CCCc1cncc(-n2ncc3c(CCCCOC)cc(B4OC(C)(C)C(C)(C)O4)cc32)n1. The standard InChI is InChI=1S/C25H35BN4O3/c1-7-10-20-15-27-17-23(29-20)30-22-14-19(26-32-24(2,3)25(4,5)33-26)13-18(21(22)16-28-30)11-8-9-12-31-6/h13-17H,7-12H2,1-6H3. The molecule has 0 unspecified atom stereocenters. The molecule has 1 aliphatic heterocycles. The van der Waals surface area contributed by atoms with E-state index in [1.165, 1.54) is 5.56 Å². The molecule has 0 amide bonds. The van der Waals surface area contributed by atoms with E-state index in [0.717, 1.165) is 66.6 Å². The van der Waals surface area contributed by atoms with E-state index in [-0.39, 0.29) is 0 Å². The first-order valence-corrected chi connectivity index (χ1v) is 11.9. The highest BCUT2D eigenvalue weighted by Gasteiger charge is 2.51. The maximum atomic E-state index is 6.37. The van der Waals surface area contributed by atoms with E-state index in [4.69, 9.17) is 24.1 Å². The Bertz CT molecular complexity index is 1100. The van der Waals surface area contributed by atoms with Gasteiger partial charge in [0, 0.05) is 25.3 Å². The van der Waals surface area contributed by atoms with Crippen LogP contribution in [0.4, 0.5) is 0 Å². The van der Waals surface area contributed by atoms with Crippen LogP contribution >= 0.6 is 0 Å². The van der Waals surface area contributed by atoms with Crippen LogP contribution in [-0.2, 0) is 26.9 Å². The largest absolute Gasteiger partial charge is 0.494 e. The molecule has 0 bridgehead atoms. The maximum absolute atomic E-state index is 6.37. The number of hydrogen-bond acceptors (Lipinski definition) is 6. The topological polar surface area (TPSA) is 71.3 Å². The van der Waals surface area contributed by atoms with Crippen LogP contribution < -0.4 is 5.46 Å². The van der Waals surface area contributed by atoms with E-state index in [1.807, 2.05) is 17.1 Å². The maximum Gasteiger partial charge on any atom is 0.494 e. The summed E-state index contributed by atoms with van der Waals surface area (Å²) in [5.41, 5.74) is 3.41. The van der Waals surface area contributed by atoms with Crippen LogP contribution in [0.1, 0.15) is 65.1 Å². The number of fused-ring (bicyclic) bond motifs is 1. The molecule has 1 saturated heterocycles. The van der Waals surface area contributed by atoms with Crippen molar-refractivity contribution in [3.63, 3.8) is 0 Å². The third-order valence-electron chi connectivity index (χ3n) is 6.76. The molecule has 0 spiro atoms. The molecule has 3 aromatic rings. The van der Waals surface area contributed by atoms with Crippen molar-refractivity contribution in [2.45, 2.75) is 77.9 Å². The van der Waals surface area contributed by atoms with Gasteiger partial charge in [0.1, 0.15) is 0 Å². The van der Waals surface area contributed by atoms with Crippen molar-refractivity contribution in [3.8, 4) is 5.82 Å². The molecular weight excluding hydrogens is 415 g/mol. The monoisotopic (exact) mass is 450 g/mol. The molecule has 3 heterocycles. The van der Waals surface area contributed by atoms with Crippen molar-refractivity contribution in [2.75, 3.05) is 13.7 Å². The van der Waals surface area contributed by atoms with Crippen LogP contribution in [-0.4, -0.2) is 51.8 Å². The van der Waals surface area contributed by atoms with Crippen LogP contribution in [0.15, 0.2) is 30.7 Å². The second-order valence-corrected chi connectivity index (χ2v) is 9.83. The summed E-state index contributed by atoms with van der Waals surface area (Å²) in [6.45, 7) is 11.2. The van der Waals surface area contributed by atoms with Gasteiger partial charge in [-0.05, 0) is 70.5 Å². The molecule has 0 radical (unpaired) electrons. The molecule has 0 aliphatic carbocycles.